The van der Waals surface area contributed by atoms with Crippen LogP contribution < -0.4 is 14.2 Å². The monoisotopic (exact) mass is 779 g/mol. The maximum absolute atomic E-state index is 14.9. The average Bonchev–Trinajstić information content (AvgIpc) is 3.98. The summed E-state index contributed by atoms with van der Waals surface area (Å²) in [6.07, 6.45) is 8.19. The first-order valence-corrected chi connectivity index (χ1v) is 21.3. The predicted molar refractivity (Wildman–Crippen MR) is 208 cm³/mol. The van der Waals surface area contributed by atoms with Gasteiger partial charge in [-0.3, -0.25) is 23.9 Å². The van der Waals surface area contributed by atoms with Crippen LogP contribution in [0, 0.1) is 29.1 Å². The molecule has 0 spiro atoms. The highest BCUT2D eigenvalue weighted by atomic mass is 32.2. The van der Waals surface area contributed by atoms with E-state index in [1.165, 1.54) is 4.90 Å². The van der Waals surface area contributed by atoms with Gasteiger partial charge >= 0.3 is 5.97 Å². The van der Waals surface area contributed by atoms with Gasteiger partial charge in [-0.1, -0.05) is 26.0 Å². The Balaban J connectivity index is 1.34. The zero-order chi connectivity index (χ0) is 39.9. The van der Waals surface area contributed by atoms with E-state index in [4.69, 9.17) is 14.2 Å². The van der Waals surface area contributed by atoms with Crippen molar-refractivity contribution in [1.82, 2.24) is 14.6 Å². The molecule has 2 saturated carbocycles. The molecule has 1 saturated heterocycles. The quantitative estimate of drug-likeness (QED) is 0.226. The Morgan fingerprint density at radius 3 is 2.53 bits per heavy atom. The summed E-state index contributed by atoms with van der Waals surface area (Å²) in [5.74, 6) is -1.89. The van der Waals surface area contributed by atoms with Crippen molar-refractivity contribution in [2.45, 2.75) is 129 Å². The molecule has 1 aromatic heterocycles. The van der Waals surface area contributed by atoms with Gasteiger partial charge in [-0.15, -0.1) is 0 Å². The largest absolute Gasteiger partial charge is 0.494 e. The molecule has 300 valence electrons. The van der Waals surface area contributed by atoms with Crippen molar-refractivity contribution in [3.63, 3.8) is 0 Å². The molecule has 12 nitrogen and oxygen atoms in total. The highest BCUT2D eigenvalue weighted by molar-refractivity contribution is 7.91. The third kappa shape index (κ3) is 9.02. The van der Waals surface area contributed by atoms with Crippen molar-refractivity contribution in [2.24, 2.45) is 29.1 Å². The minimum absolute atomic E-state index is 0.0622. The first-order valence-electron chi connectivity index (χ1n) is 19.8. The van der Waals surface area contributed by atoms with E-state index in [9.17, 15) is 27.6 Å². The lowest BCUT2D eigenvalue weighted by Crippen LogP contribution is -2.48. The third-order valence-electron chi connectivity index (χ3n) is 11.9. The fourth-order valence-corrected chi connectivity index (χ4v) is 9.62. The van der Waals surface area contributed by atoms with Gasteiger partial charge in [-0.05, 0) is 121 Å². The van der Waals surface area contributed by atoms with Gasteiger partial charge in [0.15, 0.2) is 5.78 Å². The topological polar surface area (TPSA) is 158 Å². The van der Waals surface area contributed by atoms with Crippen molar-refractivity contribution in [3.8, 4) is 11.6 Å². The molecule has 1 N–H and O–H groups in total. The number of nitrogens with one attached hydrogen (secondary N) is 1. The number of sulfonamides is 1. The molecule has 2 aliphatic carbocycles. The van der Waals surface area contributed by atoms with E-state index in [2.05, 4.69) is 16.6 Å². The number of ketones is 1. The number of nitrogens with zero attached hydrogens (tertiary/aromatic N) is 2. The molecule has 0 radical (unpaired) electrons. The number of aromatic nitrogens is 1. The number of benzene rings is 1. The molecule has 0 bridgehead atoms. The molecule has 2 amide bonds. The second-order valence-electron chi connectivity index (χ2n) is 17.6. The number of Topliss-reactive ketones (excluding diaryl/α,β-unsaturated/α-hetero) is 1. The Labute approximate surface area is 325 Å². The fraction of sp³-hybridized carbons (Fsp3) is 0.643. The van der Waals surface area contributed by atoms with Gasteiger partial charge < -0.3 is 19.1 Å². The fourth-order valence-electron chi connectivity index (χ4n) is 8.28. The number of carbonyl (C=O) groups excluding carboxylic acids is 4. The summed E-state index contributed by atoms with van der Waals surface area (Å²) >= 11 is 0. The van der Waals surface area contributed by atoms with E-state index in [1.54, 1.807) is 33.9 Å². The summed E-state index contributed by atoms with van der Waals surface area (Å²) in [6, 6.07) is 6.49. The maximum Gasteiger partial charge on any atom is 0.307 e. The lowest BCUT2D eigenvalue weighted by molar-refractivity contribution is -0.160. The van der Waals surface area contributed by atoms with Gasteiger partial charge in [0.25, 0.3) is 0 Å². The van der Waals surface area contributed by atoms with Crippen molar-refractivity contribution in [2.75, 3.05) is 13.2 Å². The molecule has 6 rings (SSSR count). The number of carbonyl (C=O) groups is 4. The van der Waals surface area contributed by atoms with Gasteiger partial charge in [0.1, 0.15) is 17.5 Å². The standard InChI is InChI=1S/C42H57N3O9S/c1-8-52-30-13-14-32-28(20-30)15-18-43-37(32)53-31-21-34-35(46)24-42(39(49)44-55(50,51)41(7)16-17-41)23-29(42)12-10-9-11-26(2)19-27(3)33(38(48)45(34)25-31)22-36(47)54-40(4,5)6/h10,12-15,18,20,26-27,29,31,33-34H,8-9,11,16-17,19,21-25H2,1-7H3,(H,44,49)/b12-10-/t26-,27-,29-,31-,33+,34+,42-/m1/s1. The molecule has 0 unspecified atom stereocenters. The van der Waals surface area contributed by atoms with Crippen molar-refractivity contribution < 1.29 is 41.8 Å². The smallest absolute Gasteiger partial charge is 0.307 e. The maximum atomic E-state index is 14.9. The van der Waals surface area contributed by atoms with Gasteiger partial charge in [-0.25, -0.2) is 13.4 Å². The van der Waals surface area contributed by atoms with Crippen LogP contribution in [0.25, 0.3) is 10.8 Å². The first kappa shape index (κ1) is 40.7. The number of fused-ring (bicyclic) bond motifs is 3. The number of rotatable bonds is 9. The lowest BCUT2D eigenvalue weighted by atomic mass is 9.82. The molecule has 13 heteroatoms. The highest BCUT2D eigenvalue weighted by Gasteiger charge is 2.62. The summed E-state index contributed by atoms with van der Waals surface area (Å²) in [5.41, 5.74) is -2.01. The van der Waals surface area contributed by atoms with Gasteiger partial charge in [0, 0.05) is 24.4 Å². The molecule has 3 heterocycles. The summed E-state index contributed by atoms with van der Waals surface area (Å²) in [4.78, 5) is 62.8. The van der Waals surface area contributed by atoms with E-state index in [-0.39, 0.29) is 55.3 Å². The molecular formula is C42H57N3O9S. The van der Waals surface area contributed by atoms with Crippen molar-refractivity contribution in [1.29, 1.82) is 0 Å². The van der Waals surface area contributed by atoms with Crippen LogP contribution in [-0.2, 0) is 33.9 Å². The van der Waals surface area contributed by atoms with Crippen LogP contribution >= 0.6 is 0 Å². The Morgan fingerprint density at radius 1 is 1.09 bits per heavy atom. The molecule has 2 aliphatic heterocycles. The van der Waals surface area contributed by atoms with Gasteiger partial charge in [0.2, 0.25) is 27.7 Å². The number of hydrogen-bond acceptors (Lipinski definition) is 10. The van der Waals surface area contributed by atoms with Crippen LogP contribution in [0.15, 0.2) is 42.6 Å². The first-order chi connectivity index (χ1) is 25.8. The zero-order valence-electron chi connectivity index (χ0n) is 33.3. The normalized spacial score (nSPS) is 30.3. The molecule has 4 aliphatic rings. The molecule has 55 heavy (non-hydrogen) atoms. The molecule has 7 atom stereocenters. The molecule has 1 aromatic carbocycles. The van der Waals surface area contributed by atoms with Crippen LogP contribution in [-0.4, -0.2) is 77.5 Å². The highest BCUT2D eigenvalue weighted by Crippen LogP contribution is 2.57. The molecule has 3 fully saturated rings. The number of pyridine rings is 1. The van der Waals surface area contributed by atoms with Crippen LogP contribution in [0.3, 0.4) is 0 Å². The Bertz CT molecular complexity index is 1950. The van der Waals surface area contributed by atoms with Crippen LogP contribution in [0.5, 0.6) is 11.6 Å². The lowest BCUT2D eigenvalue weighted by Gasteiger charge is -2.32. The number of ether oxygens (including phenoxy) is 3. The summed E-state index contributed by atoms with van der Waals surface area (Å²) < 4.78 is 45.7. The van der Waals surface area contributed by atoms with Crippen LogP contribution in [0.4, 0.5) is 0 Å². The second kappa shape index (κ2) is 15.5. The Morgan fingerprint density at radius 2 is 1.84 bits per heavy atom. The van der Waals surface area contributed by atoms with Gasteiger partial charge in [-0.2, -0.15) is 0 Å². The van der Waals surface area contributed by atoms with Crippen molar-refractivity contribution in [3.05, 3.63) is 42.6 Å². The average molecular weight is 780 g/mol. The van der Waals surface area contributed by atoms with Gasteiger partial charge in [0.05, 0.1) is 41.7 Å². The van der Waals surface area contributed by atoms with E-state index < -0.39 is 55.7 Å². The van der Waals surface area contributed by atoms with E-state index in [0.717, 1.165) is 23.6 Å². The zero-order valence-corrected chi connectivity index (χ0v) is 34.1. The summed E-state index contributed by atoms with van der Waals surface area (Å²) in [6.45, 7) is 13.6. The van der Waals surface area contributed by atoms with Crippen molar-refractivity contribution >= 4 is 44.4 Å². The third-order valence-corrected chi connectivity index (χ3v) is 14.1. The molecule has 2 aromatic rings. The number of esters is 1. The predicted octanol–water partition coefficient (Wildman–Crippen LogP) is 6.31. The minimum Gasteiger partial charge on any atom is -0.494 e. The number of amides is 2. The van der Waals surface area contributed by atoms with Crippen LogP contribution in [0.2, 0.25) is 0 Å². The summed E-state index contributed by atoms with van der Waals surface area (Å²) in [7, 11) is -3.95. The number of allylic oxidation sites excluding steroid dienone is 2. The second-order valence-corrected chi connectivity index (χ2v) is 19.8. The molecular weight excluding hydrogens is 723 g/mol. The van der Waals surface area contributed by atoms with Crippen LogP contribution in [0.1, 0.15) is 106 Å². The van der Waals surface area contributed by atoms with E-state index >= 15 is 0 Å². The van der Waals surface area contributed by atoms with E-state index in [0.29, 0.717) is 43.9 Å². The number of hydrogen-bond donors (Lipinski definition) is 1. The Hall–Kier alpha value is -4.00. The minimum atomic E-state index is -3.95. The Kier molecular flexibility index (Phi) is 11.5. The SMILES string of the molecule is CCOc1ccc2c(O[C@@H]3C[C@H]4C(=O)C[C@]5(C(=O)NS(=O)(=O)C6(C)CC6)C[C@H]5/C=C\CC[C@@H](C)C[C@@H](C)[C@H](CC(=O)OC(C)(C)C)C(=O)N4C3)nccc2c1. The van der Waals surface area contributed by atoms with E-state index in [1.807, 2.05) is 50.3 Å². The summed E-state index contributed by atoms with van der Waals surface area (Å²) in [5, 5.41) is 1.60.